The fraction of sp³-hybridized carbons (Fsp3) is 0.211. The molecule has 0 spiro atoms. The fourth-order valence-corrected chi connectivity index (χ4v) is 3.59. The lowest BCUT2D eigenvalue weighted by atomic mass is 9.92. The molecule has 1 heterocycles. The maximum atomic E-state index is 13.6. The third-order valence-electron chi connectivity index (χ3n) is 4.44. The fourth-order valence-electron chi connectivity index (χ4n) is 2.90. The second-order valence-corrected chi connectivity index (χ2v) is 7.29. The molecule has 0 aromatic heterocycles. The molecular formula is C19H17BrFN3O3. The Hall–Kier alpha value is -2.74. The average molecular weight is 434 g/mol. The van der Waals surface area contributed by atoms with Gasteiger partial charge in [-0.25, -0.2) is 9.18 Å². The molecule has 3 rings (SSSR count). The highest BCUT2D eigenvalue weighted by molar-refractivity contribution is 9.10. The molecule has 1 aliphatic rings. The van der Waals surface area contributed by atoms with Crippen LogP contribution in [-0.4, -0.2) is 29.3 Å². The molecule has 4 amide bonds. The number of carbonyl (C=O) groups excluding carboxylic acids is 3. The van der Waals surface area contributed by atoms with Crippen LogP contribution in [0.1, 0.15) is 18.1 Å². The molecule has 2 N–H and O–H groups in total. The Morgan fingerprint density at radius 1 is 1.26 bits per heavy atom. The molecule has 8 heteroatoms. The second kappa shape index (κ2) is 7.11. The number of aryl methyl sites for hydroxylation is 1. The summed E-state index contributed by atoms with van der Waals surface area (Å²) in [4.78, 5) is 38.3. The van der Waals surface area contributed by atoms with Crippen LogP contribution in [0.25, 0.3) is 0 Å². The summed E-state index contributed by atoms with van der Waals surface area (Å²) in [6.07, 6.45) is 0. The van der Waals surface area contributed by atoms with E-state index >= 15 is 0 Å². The van der Waals surface area contributed by atoms with Crippen molar-refractivity contribution in [3.8, 4) is 0 Å². The molecular weight excluding hydrogens is 417 g/mol. The number of rotatable bonds is 4. The summed E-state index contributed by atoms with van der Waals surface area (Å²) < 4.78 is 14.3. The monoisotopic (exact) mass is 433 g/mol. The van der Waals surface area contributed by atoms with Gasteiger partial charge in [0.15, 0.2) is 0 Å². The molecule has 0 unspecified atom stereocenters. The summed E-state index contributed by atoms with van der Waals surface area (Å²) in [5, 5.41) is 5.13. The lowest BCUT2D eigenvalue weighted by molar-refractivity contribution is -0.133. The van der Waals surface area contributed by atoms with Crippen LogP contribution in [0.3, 0.4) is 0 Å². The molecule has 0 aliphatic carbocycles. The number of nitrogens with one attached hydrogen (secondary N) is 2. The third-order valence-corrected chi connectivity index (χ3v) is 5.14. The van der Waals surface area contributed by atoms with Gasteiger partial charge in [-0.1, -0.05) is 40.2 Å². The van der Waals surface area contributed by atoms with E-state index in [1.165, 1.54) is 12.1 Å². The van der Waals surface area contributed by atoms with E-state index in [1.807, 2.05) is 0 Å². The van der Waals surface area contributed by atoms with E-state index in [4.69, 9.17) is 0 Å². The Morgan fingerprint density at radius 2 is 1.96 bits per heavy atom. The van der Waals surface area contributed by atoms with Crippen LogP contribution in [0.15, 0.2) is 46.9 Å². The van der Waals surface area contributed by atoms with Gasteiger partial charge in [0.25, 0.3) is 5.91 Å². The summed E-state index contributed by atoms with van der Waals surface area (Å²) in [6, 6.07) is 10.6. The molecule has 1 atom stereocenters. The first-order chi connectivity index (χ1) is 12.7. The van der Waals surface area contributed by atoms with Gasteiger partial charge in [0, 0.05) is 15.7 Å². The van der Waals surface area contributed by atoms with Crippen LogP contribution in [0.2, 0.25) is 0 Å². The van der Waals surface area contributed by atoms with E-state index < -0.39 is 35.7 Å². The minimum atomic E-state index is -1.28. The maximum absolute atomic E-state index is 13.6. The van der Waals surface area contributed by atoms with E-state index in [2.05, 4.69) is 26.6 Å². The Morgan fingerprint density at radius 3 is 2.63 bits per heavy atom. The highest BCUT2D eigenvalue weighted by Gasteiger charge is 2.50. The van der Waals surface area contributed by atoms with Gasteiger partial charge in [0.05, 0.1) is 0 Å². The first-order valence-corrected chi connectivity index (χ1v) is 8.97. The zero-order valence-corrected chi connectivity index (χ0v) is 16.3. The molecule has 6 nitrogen and oxygen atoms in total. The van der Waals surface area contributed by atoms with Crippen molar-refractivity contribution < 1.29 is 18.8 Å². The predicted molar refractivity (Wildman–Crippen MR) is 102 cm³/mol. The highest BCUT2D eigenvalue weighted by Crippen LogP contribution is 2.33. The predicted octanol–water partition coefficient (Wildman–Crippen LogP) is 3.30. The second-order valence-electron chi connectivity index (χ2n) is 6.44. The smallest absolute Gasteiger partial charge is 0.324 e. The first-order valence-electron chi connectivity index (χ1n) is 8.17. The van der Waals surface area contributed by atoms with Crippen molar-refractivity contribution in [3.05, 3.63) is 63.9 Å². The Bertz CT molecular complexity index is 950. The van der Waals surface area contributed by atoms with Crippen LogP contribution in [-0.2, 0) is 15.1 Å². The minimum Gasteiger partial charge on any atom is -0.324 e. The topological polar surface area (TPSA) is 78.5 Å². The van der Waals surface area contributed by atoms with Gasteiger partial charge in [0.1, 0.15) is 17.9 Å². The Labute approximate surface area is 163 Å². The maximum Gasteiger partial charge on any atom is 0.325 e. The van der Waals surface area contributed by atoms with Crippen molar-refractivity contribution in [2.24, 2.45) is 0 Å². The molecule has 1 aliphatic heterocycles. The van der Waals surface area contributed by atoms with Gasteiger partial charge in [-0.05, 0) is 37.6 Å². The number of nitrogens with zero attached hydrogens (tertiary/aromatic N) is 1. The van der Waals surface area contributed by atoms with Crippen LogP contribution in [0.5, 0.6) is 0 Å². The van der Waals surface area contributed by atoms with Crippen molar-refractivity contribution in [1.29, 1.82) is 0 Å². The molecule has 27 heavy (non-hydrogen) atoms. The van der Waals surface area contributed by atoms with Gasteiger partial charge in [-0.2, -0.15) is 0 Å². The summed E-state index contributed by atoms with van der Waals surface area (Å²) >= 11 is 3.38. The SMILES string of the molecule is Cc1ccc(NC(=O)CN2C(=O)N[C@](C)(c3ccccc3Br)C2=O)cc1F. The van der Waals surface area contributed by atoms with Crippen molar-refractivity contribution in [3.63, 3.8) is 0 Å². The average Bonchev–Trinajstić information content (AvgIpc) is 2.82. The normalized spacial score (nSPS) is 19.2. The molecule has 0 saturated carbocycles. The van der Waals surface area contributed by atoms with Gasteiger partial charge in [-0.3, -0.25) is 14.5 Å². The molecule has 1 fully saturated rings. The zero-order valence-electron chi connectivity index (χ0n) is 14.7. The largest absolute Gasteiger partial charge is 0.325 e. The number of urea groups is 1. The zero-order chi connectivity index (χ0) is 19.8. The van der Waals surface area contributed by atoms with Gasteiger partial charge in [-0.15, -0.1) is 0 Å². The van der Waals surface area contributed by atoms with Crippen LogP contribution >= 0.6 is 15.9 Å². The van der Waals surface area contributed by atoms with E-state index in [0.717, 1.165) is 4.90 Å². The number of hydrogen-bond acceptors (Lipinski definition) is 3. The van der Waals surface area contributed by atoms with Crippen LogP contribution in [0, 0.1) is 12.7 Å². The van der Waals surface area contributed by atoms with Crippen LogP contribution < -0.4 is 10.6 Å². The third kappa shape index (κ3) is 3.57. The van der Waals surface area contributed by atoms with Crippen molar-refractivity contribution in [2.45, 2.75) is 19.4 Å². The minimum absolute atomic E-state index is 0.253. The number of benzene rings is 2. The summed E-state index contributed by atoms with van der Waals surface area (Å²) in [5.74, 6) is -1.59. The molecule has 0 bridgehead atoms. The molecule has 1 saturated heterocycles. The van der Waals surface area contributed by atoms with Crippen LogP contribution in [0.4, 0.5) is 14.9 Å². The van der Waals surface area contributed by atoms with Gasteiger partial charge < -0.3 is 10.6 Å². The number of amides is 4. The lowest BCUT2D eigenvalue weighted by Crippen LogP contribution is -2.42. The highest BCUT2D eigenvalue weighted by atomic mass is 79.9. The summed E-state index contributed by atoms with van der Waals surface area (Å²) in [5.41, 5.74) is 0.00911. The lowest BCUT2D eigenvalue weighted by Gasteiger charge is -2.23. The molecule has 0 radical (unpaired) electrons. The van der Waals surface area contributed by atoms with Gasteiger partial charge in [0.2, 0.25) is 5.91 Å². The standard InChI is InChI=1S/C19H17BrFN3O3/c1-11-7-8-12(9-15(11)21)22-16(25)10-24-17(26)19(2,23-18(24)27)13-5-3-4-6-14(13)20/h3-9H,10H2,1-2H3,(H,22,25)(H,23,27)/t19-/m1/s1. The number of imide groups is 1. The number of carbonyl (C=O) groups is 3. The molecule has 2 aromatic carbocycles. The number of halogens is 2. The number of hydrogen-bond donors (Lipinski definition) is 2. The van der Waals surface area contributed by atoms with Crippen molar-refractivity contribution in [1.82, 2.24) is 10.2 Å². The first kappa shape index (κ1) is 19.0. The Balaban J connectivity index is 1.76. The summed E-state index contributed by atoms with van der Waals surface area (Å²) in [7, 11) is 0. The quantitative estimate of drug-likeness (QED) is 0.725. The molecule has 140 valence electrons. The van der Waals surface area contributed by atoms with Crippen molar-refractivity contribution >= 4 is 39.5 Å². The van der Waals surface area contributed by atoms with Gasteiger partial charge >= 0.3 is 6.03 Å². The number of anilines is 1. The van der Waals surface area contributed by atoms with E-state index in [1.54, 1.807) is 44.2 Å². The van der Waals surface area contributed by atoms with Crippen molar-refractivity contribution in [2.75, 3.05) is 11.9 Å². The van der Waals surface area contributed by atoms with E-state index in [0.29, 0.717) is 15.6 Å². The molecule has 2 aromatic rings. The summed E-state index contributed by atoms with van der Waals surface area (Å²) in [6.45, 7) is 2.72. The van der Waals surface area contributed by atoms with E-state index in [-0.39, 0.29) is 5.69 Å². The Kier molecular flexibility index (Phi) is 5.01. The van der Waals surface area contributed by atoms with E-state index in [9.17, 15) is 18.8 Å².